The lowest BCUT2D eigenvalue weighted by Gasteiger charge is -2.14. The smallest absolute Gasteiger partial charge is 0.270 e. The molecular formula is C18H22N4O5S. The SMILES string of the molecule is CCC(CC)=NNc1ccc([N+](=O)[O-])cc1S(=O)(=O)Nc1ccccc1OC. The van der Waals surface area contributed by atoms with Crippen molar-refractivity contribution in [2.75, 3.05) is 17.3 Å². The van der Waals surface area contributed by atoms with E-state index < -0.39 is 14.9 Å². The van der Waals surface area contributed by atoms with Crippen molar-refractivity contribution in [2.45, 2.75) is 31.6 Å². The molecule has 2 aromatic rings. The van der Waals surface area contributed by atoms with Gasteiger partial charge in [0.25, 0.3) is 15.7 Å². The Bertz CT molecular complexity index is 983. The van der Waals surface area contributed by atoms with Crippen LogP contribution in [0, 0.1) is 10.1 Å². The first-order valence-electron chi connectivity index (χ1n) is 8.58. The predicted octanol–water partition coefficient (Wildman–Crippen LogP) is 3.99. The zero-order valence-electron chi connectivity index (χ0n) is 15.8. The van der Waals surface area contributed by atoms with Gasteiger partial charge in [0, 0.05) is 17.8 Å². The number of anilines is 2. The monoisotopic (exact) mass is 406 g/mol. The van der Waals surface area contributed by atoms with E-state index in [2.05, 4.69) is 15.2 Å². The van der Waals surface area contributed by atoms with E-state index in [0.717, 1.165) is 11.8 Å². The van der Waals surface area contributed by atoms with Gasteiger partial charge in [0.1, 0.15) is 10.6 Å². The second-order valence-corrected chi connectivity index (χ2v) is 7.39. The summed E-state index contributed by atoms with van der Waals surface area (Å²) in [7, 11) is -2.74. The molecule has 28 heavy (non-hydrogen) atoms. The lowest BCUT2D eigenvalue weighted by molar-refractivity contribution is -0.385. The Morgan fingerprint density at radius 2 is 1.82 bits per heavy atom. The summed E-state index contributed by atoms with van der Waals surface area (Å²) in [6.07, 6.45) is 1.38. The molecule has 10 heteroatoms. The highest BCUT2D eigenvalue weighted by molar-refractivity contribution is 7.93. The summed E-state index contributed by atoms with van der Waals surface area (Å²) in [4.78, 5) is 10.2. The second kappa shape index (κ2) is 9.18. The molecule has 0 atom stereocenters. The molecular weight excluding hydrogens is 384 g/mol. The van der Waals surface area contributed by atoms with Crippen LogP contribution in [0.2, 0.25) is 0 Å². The molecule has 0 radical (unpaired) electrons. The van der Waals surface area contributed by atoms with Crippen molar-refractivity contribution >= 4 is 32.8 Å². The number of hydrazone groups is 1. The highest BCUT2D eigenvalue weighted by Gasteiger charge is 2.23. The first-order chi connectivity index (χ1) is 13.3. The van der Waals surface area contributed by atoms with Crippen LogP contribution in [0.25, 0.3) is 0 Å². The Hall–Kier alpha value is -3.14. The zero-order valence-corrected chi connectivity index (χ0v) is 16.6. The molecule has 0 aliphatic heterocycles. The number of hydrogen-bond acceptors (Lipinski definition) is 7. The number of rotatable bonds is 9. The van der Waals surface area contributed by atoms with E-state index in [0.29, 0.717) is 18.6 Å². The maximum absolute atomic E-state index is 13.0. The number of nitrogens with one attached hydrogen (secondary N) is 2. The largest absolute Gasteiger partial charge is 0.495 e. The quantitative estimate of drug-likeness (QED) is 0.369. The molecule has 150 valence electrons. The number of ether oxygens (including phenoxy) is 1. The first-order valence-corrected chi connectivity index (χ1v) is 10.1. The second-order valence-electron chi connectivity index (χ2n) is 5.74. The molecule has 9 nitrogen and oxygen atoms in total. The molecule has 0 aliphatic carbocycles. The molecule has 0 heterocycles. The standard InChI is InChI=1S/C18H22N4O5S/c1-4-13(5-2)19-20-16-11-10-14(22(23)24)12-18(16)28(25,26)21-15-8-6-7-9-17(15)27-3/h6-12,20-21H,4-5H2,1-3H3. The predicted molar refractivity (Wildman–Crippen MR) is 109 cm³/mol. The fourth-order valence-electron chi connectivity index (χ4n) is 2.42. The van der Waals surface area contributed by atoms with E-state index in [4.69, 9.17) is 4.74 Å². The van der Waals surface area contributed by atoms with Crippen LogP contribution in [-0.4, -0.2) is 26.2 Å². The van der Waals surface area contributed by atoms with Gasteiger partial charge >= 0.3 is 0 Å². The first kappa shape index (κ1) is 21.2. The van der Waals surface area contributed by atoms with Gasteiger partial charge in [0.2, 0.25) is 0 Å². The van der Waals surface area contributed by atoms with Crippen LogP contribution in [0.5, 0.6) is 5.75 Å². The van der Waals surface area contributed by atoms with Gasteiger partial charge in [-0.05, 0) is 31.0 Å². The van der Waals surface area contributed by atoms with E-state index >= 15 is 0 Å². The van der Waals surface area contributed by atoms with E-state index in [9.17, 15) is 18.5 Å². The average molecular weight is 406 g/mol. The summed E-state index contributed by atoms with van der Waals surface area (Å²) in [5.74, 6) is 0.322. The Morgan fingerprint density at radius 1 is 1.14 bits per heavy atom. The van der Waals surface area contributed by atoms with Crippen LogP contribution >= 0.6 is 0 Å². The minimum absolute atomic E-state index is 0.132. The number of sulfonamides is 1. The summed E-state index contributed by atoms with van der Waals surface area (Å²) in [5, 5.41) is 15.3. The van der Waals surface area contributed by atoms with Gasteiger partial charge in [0.15, 0.2) is 0 Å². The molecule has 0 unspecified atom stereocenters. The number of non-ortho nitro benzene ring substituents is 1. The maximum Gasteiger partial charge on any atom is 0.270 e. The van der Waals surface area contributed by atoms with Crippen molar-refractivity contribution in [3.8, 4) is 5.75 Å². The third-order valence-electron chi connectivity index (χ3n) is 3.97. The van der Waals surface area contributed by atoms with Crippen molar-refractivity contribution in [2.24, 2.45) is 5.10 Å². The van der Waals surface area contributed by atoms with Gasteiger partial charge in [-0.25, -0.2) is 8.42 Å². The Labute approximate surface area is 163 Å². The summed E-state index contributed by atoms with van der Waals surface area (Å²) in [6, 6.07) is 10.0. The molecule has 0 saturated heterocycles. The van der Waals surface area contributed by atoms with Crippen LogP contribution in [0.4, 0.5) is 17.1 Å². The Morgan fingerprint density at radius 3 is 2.43 bits per heavy atom. The summed E-state index contributed by atoms with van der Waals surface area (Å²) in [6.45, 7) is 3.86. The van der Waals surface area contributed by atoms with Gasteiger partial charge in [-0.2, -0.15) is 5.10 Å². The maximum atomic E-state index is 13.0. The van der Waals surface area contributed by atoms with Crippen molar-refractivity contribution in [3.05, 3.63) is 52.6 Å². The molecule has 0 bridgehead atoms. The van der Waals surface area contributed by atoms with Gasteiger partial charge in [-0.15, -0.1) is 0 Å². The van der Waals surface area contributed by atoms with Crippen molar-refractivity contribution in [1.29, 1.82) is 0 Å². The highest BCUT2D eigenvalue weighted by Crippen LogP contribution is 2.31. The molecule has 0 amide bonds. The van der Waals surface area contributed by atoms with E-state index in [1.807, 2.05) is 13.8 Å². The molecule has 0 aromatic heterocycles. The van der Waals surface area contributed by atoms with Crippen LogP contribution in [0.3, 0.4) is 0 Å². The number of hydrogen-bond donors (Lipinski definition) is 2. The number of nitro groups is 1. The van der Waals surface area contributed by atoms with Crippen molar-refractivity contribution < 1.29 is 18.1 Å². The number of benzene rings is 2. The zero-order chi connectivity index (χ0) is 20.7. The normalized spacial score (nSPS) is 10.8. The van der Waals surface area contributed by atoms with Crippen molar-refractivity contribution in [3.63, 3.8) is 0 Å². The number of para-hydroxylation sites is 2. The van der Waals surface area contributed by atoms with Crippen molar-refractivity contribution in [1.82, 2.24) is 0 Å². The van der Waals surface area contributed by atoms with Crippen LogP contribution in [0.15, 0.2) is 52.5 Å². The fourth-order valence-corrected chi connectivity index (χ4v) is 3.66. The van der Waals surface area contributed by atoms with Crippen LogP contribution < -0.4 is 14.9 Å². The number of nitro benzene ring substituents is 1. The Balaban J connectivity index is 2.51. The van der Waals surface area contributed by atoms with Crippen LogP contribution in [0.1, 0.15) is 26.7 Å². The highest BCUT2D eigenvalue weighted by atomic mass is 32.2. The molecule has 2 N–H and O–H groups in total. The number of methoxy groups -OCH3 is 1. The van der Waals surface area contributed by atoms with Gasteiger partial charge in [-0.1, -0.05) is 26.0 Å². The average Bonchev–Trinajstić information content (AvgIpc) is 2.68. The molecule has 0 aliphatic rings. The fraction of sp³-hybridized carbons (Fsp3) is 0.278. The molecule has 0 spiro atoms. The lowest BCUT2D eigenvalue weighted by Crippen LogP contribution is -2.16. The third kappa shape index (κ3) is 4.97. The van der Waals surface area contributed by atoms with Crippen LogP contribution in [-0.2, 0) is 10.0 Å². The van der Waals surface area contributed by atoms with E-state index in [1.54, 1.807) is 18.2 Å². The third-order valence-corrected chi connectivity index (χ3v) is 5.37. The molecule has 2 rings (SSSR count). The summed E-state index contributed by atoms with van der Waals surface area (Å²) < 4.78 is 33.5. The molecule has 2 aromatic carbocycles. The topological polar surface area (TPSA) is 123 Å². The van der Waals surface area contributed by atoms with Gasteiger partial charge in [-0.3, -0.25) is 20.3 Å². The minimum atomic E-state index is -4.16. The summed E-state index contributed by atoms with van der Waals surface area (Å²) >= 11 is 0. The van der Waals surface area contributed by atoms with E-state index in [1.165, 1.54) is 25.3 Å². The number of nitrogens with zero attached hydrogens (tertiary/aromatic N) is 2. The van der Waals surface area contributed by atoms with Gasteiger partial charge < -0.3 is 4.74 Å². The molecule has 0 fully saturated rings. The van der Waals surface area contributed by atoms with E-state index in [-0.39, 0.29) is 22.0 Å². The Kier molecular flexibility index (Phi) is 6.94. The lowest BCUT2D eigenvalue weighted by atomic mass is 10.2. The van der Waals surface area contributed by atoms with Gasteiger partial charge in [0.05, 0.1) is 23.4 Å². The minimum Gasteiger partial charge on any atom is -0.495 e. The molecule has 0 saturated carbocycles. The summed E-state index contributed by atoms with van der Waals surface area (Å²) in [5.41, 5.74) is 3.55.